The van der Waals surface area contributed by atoms with Gasteiger partial charge in [-0.05, 0) is 0 Å². The van der Waals surface area contributed by atoms with Gasteiger partial charge in [-0.3, -0.25) is 0 Å². The Bertz CT molecular complexity index is 66.2. The fraction of sp³-hybridized carbons (Fsp3) is 1.00. The number of rotatable bonds is 2. The van der Waals surface area contributed by atoms with Crippen molar-refractivity contribution in [2.45, 2.75) is 13.8 Å². The summed E-state index contributed by atoms with van der Waals surface area (Å²) in [5.41, 5.74) is 0. The minimum absolute atomic E-state index is 0.132. The van der Waals surface area contributed by atoms with Crippen molar-refractivity contribution in [3.63, 3.8) is 0 Å². The standard InChI is InChI=1S/C4H13O3P/c1-4(2)3-8(5,6)7/h4-8H,3H2,1-2H3. The summed E-state index contributed by atoms with van der Waals surface area (Å²) in [5, 5.41) is 0. The molecule has 0 radical (unpaired) electrons. The first kappa shape index (κ1) is 8.31. The third-order valence-electron chi connectivity index (χ3n) is 0.682. The Hall–Kier alpha value is 0.310. The summed E-state index contributed by atoms with van der Waals surface area (Å²) in [6, 6.07) is 0. The molecule has 0 bridgehead atoms. The van der Waals surface area contributed by atoms with Gasteiger partial charge in [-0.2, -0.15) is 0 Å². The molecule has 4 heteroatoms. The van der Waals surface area contributed by atoms with Gasteiger partial charge in [0.05, 0.1) is 0 Å². The van der Waals surface area contributed by atoms with Gasteiger partial charge in [-0.15, -0.1) is 0 Å². The van der Waals surface area contributed by atoms with E-state index in [-0.39, 0.29) is 12.1 Å². The van der Waals surface area contributed by atoms with E-state index in [0.29, 0.717) is 0 Å². The Labute approximate surface area is 49.6 Å². The van der Waals surface area contributed by atoms with Crippen LogP contribution in [-0.2, 0) is 0 Å². The Morgan fingerprint density at radius 2 is 1.62 bits per heavy atom. The number of hydrogen-bond acceptors (Lipinski definition) is 3. The van der Waals surface area contributed by atoms with Crippen molar-refractivity contribution in [3.05, 3.63) is 0 Å². The van der Waals surface area contributed by atoms with Crippen molar-refractivity contribution >= 4 is 7.94 Å². The van der Waals surface area contributed by atoms with E-state index in [1.165, 1.54) is 0 Å². The monoisotopic (exact) mass is 140 g/mol. The molecule has 0 aliphatic heterocycles. The van der Waals surface area contributed by atoms with Gasteiger partial charge in [0.2, 0.25) is 0 Å². The van der Waals surface area contributed by atoms with Crippen LogP contribution in [0.5, 0.6) is 0 Å². The first-order chi connectivity index (χ1) is 3.42. The van der Waals surface area contributed by atoms with Crippen LogP contribution in [0.15, 0.2) is 0 Å². The summed E-state index contributed by atoms with van der Waals surface area (Å²) in [7, 11) is -3.72. The van der Waals surface area contributed by atoms with Crippen molar-refractivity contribution in [1.82, 2.24) is 0 Å². The van der Waals surface area contributed by atoms with Crippen LogP contribution in [0.3, 0.4) is 0 Å². The SMILES string of the molecule is CC(C)C[PH](O)(O)O. The van der Waals surface area contributed by atoms with Crippen molar-refractivity contribution in [2.75, 3.05) is 6.16 Å². The molecule has 0 saturated carbocycles. The fourth-order valence-electron chi connectivity index (χ4n) is 0.548. The van der Waals surface area contributed by atoms with Gasteiger partial charge in [0, 0.05) is 0 Å². The summed E-state index contributed by atoms with van der Waals surface area (Å²) in [6.45, 7) is 3.65. The number of hydrogen-bond donors (Lipinski definition) is 3. The summed E-state index contributed by atoms with van der Waals surface area (Å²) in [5.74, 6) is 0.154. The Morgan fingerprint density at radius 1 is 1.25 bits per heavy atom. The van der Waals surface area contributed by atoms with Gasteiger partial charge in [0.1, 0.15) is 0 Å². The molecule has 0 aromatic rings. The summed E-state index contributed by atoms with van der Waals surface area (Å²) in [6.07, 6.45) is 0.132. The van der Waals surface area contributed by atoms with Crippen LogP contribution in [-0.4, -0.2) is 20.8 Å². The summed E-state index contributed by atoms with van der Waals surface area (Å²) >= 11 is 0. The molecule has 0 amide bonds. The molecule has 0 heterocycles. The Morgan fingerprint density at radius 3 is 1.62 bits per heavy atom. The quantitative estimate of drug-likeness (QED) is 0.477. The molecule has 3 N–H and O–H groups in total. The molecule has 0 fully saturated rings. The van der Waals surface area contributed by atoms with Gasteiger partial charge in [0.25, 0.3) is 0 Å². The van der Waals surface area contributed by atoms with Gasteiger partial charge >= 0.3 is 48.6 Å². The maximum absolute atomic E-state index is 8.44. The molecule has 0 saturated heterocycles. The second-order valence-corrected chi connectivity index (χ2v) is 4.33. The summed E-state index contributed by atoms with van der Waals surface area (Å²) < 4.78 is 0. The summed E-state index contributed by atoms with van der Waals surface area (Å²) in [4.78, 5) is 25.3. The predicted molar refractivity (Wildman–Crippen MR) is 34.7 cm³/mol. The molecule has 0 unspecified atom stereocenters. The van der Waals surface area contributed by atoms with Crippen molar-refractivity contribution < 1.29 is 14.7 Å². The van der Waals surface area contributed by atoms with Crippen LogP contribution in [0.4, 0.5) is 0 Å². The molecule has 8 heavy (non-hydrogen) atoms. The molecule has 0 rings (SSSR count). The molecule has 0 spiro atoms. The second kappa shape index (κ2) is 2.74. The van der Waals surface area contributed by atoms with E-state index in [1.54, 1.807) is 0 Å². The molecular weight excluding hydrogens is 127 g/mol. The molecule has 0 aromatic heterocycles. The van der Waals surface area contributed by atoms with Gasteiger partial charge in [0.15, 0.2) is 0 Å². The van der Waals surface area contributed by atoms with Crippen LogP contribution in [0.2, 0.25) is 0 Å². The first-order valence-electron chi connectivity index (χ1n) is 2.59. The molecular formula is C4H13O3P. The Balaban J connectivity index is 3.39. The first-order valence-corrected chi connectivity index (χ1v) is 4.64. The average Bonchev–Trinajstić information content (AvgIpc) is 1.21. The molecule has 0 aliphatic carbocycles. The van der Waals surface area contributed by atoms with Crippen molar-refractivity contribution in [2.24, 2.45) is 5.92 Å². The molecule has 52 valence electrons. The van der Waals surface area contributed by atoms with Crippen LogP contribution in [0, 0.1) is 5.92 Å². The van der Waals surface area contributed by atoms with E-state index < -0.39 is 7.94 Å². The van der Waals surface area contributed by atoms with Crippen molar-refractivity contribution in [3.8, 4) is 0 Å². The predicted octanol–water partition coefficient (Wildman–Crippen LogP) is 0.114. The van der Waals surface area contributed by atoms with Gasteiger partial charge in [-0.1, -0.05) is 0 Å². The molecule has 0 aliphatic rings. The molecule has 3 nitrogen and oxygen atoms in total. The fourth-order valence-corrected chi connectivity index (χ4v) is 1.64. The third kappa shape index (κ3) is 6.31. The normalized spacial score (nSPS) is 14.8. The van der Waals surface area contributed by atoms with Crippen LogP contribution in [0.25, 0.3) is 0 Å². The van der Waals surface area contributed by atoms with E-state index in [4.69, 9.17) is 14.7 Å². The van der Waals surface area contributed by atoms with E-state index in [2.05, 4.69) is 0 Å². The van der Waals surface area contributed by atoms with Crippen LogP contribution < -0.4 is 0 Å². The van der Waals surface area contributed by atoms with E-state index in [1.807, 2.05) is 13.8 Å². The van der Waals surface area contributed by atoms with Gasteiger partial charge < -0.3 is 0 Å². The average molecular weight is 140 g/mol. The topological polar surface area (TPSA) is 60.7 Å². The minimum atomic E-state index is -3.72. The zero-order chi connectivity index (χ0) is 6.78. The zero-order valence-electron chi connectivity index (χ0n) is 5.13. The zero-order valence-corrected chi connectivity index (χ0v) is 6.13. The van der Waals surface area contributed by atoms with Crippen molar-refractivity contribution in [1.29, 1.82) is 0 Å². The van der Waals surface area contributed by atoms with E-state index in [0.717, 1.165) is 0 Å². The maximum atomic E-state index is 8.44. The molecule has 0 aromatic carbocycles. The Kier molecular flexibility index (Phi) is 2.84. The van der Waals surface area contributed by atoms with Crippen LogP contribution >= 0.6 is 7.94 Å². The second-order valence-electron chi connectivity index (χ2n) is 2.37. The van der Waals surface area contributed by atoms with Crippen LogP contribution in [0.1, 0.15) is 13.8 Å². The third-order valence-corrected chi connectivity index (χ3v) is 2.05. The van der Waals surface area contributed by atoms with E-state index in [9.17, 15) is 0 Å². The van der Waals surface area contributed by atoms with E-state index >= 15 is 0 Å². The molecule has 0 atom stereocenters. The van der Waals surface area contributed by atoms with Gasteiger partial charge in [-0.25, -0.2) is 0 Å².